The van der Waals surface area contributed by atoms with Crippen molar-refractivity contribution >= 4 is 11.6 Å². The van der Waals surface area contributed by atoms with Crippen LogP contribution >= 0.6 is 0 Å². The number of hydrogen-bond acceptors (Lipinski definition) is 3. The van der Waals surface area contributed by atoms with Gasteiger partial charge in [-0.3, -0.25) is 4.79 Å². The summed E-state index contributed by atoms with van der Waals surface area (Å²) in [4.78, 5) is 14.3. The molecule has 1 rings (SSSR count). The molecular weight excluding hydrogens is 194 g/mol. The van der Waals surface area contributed by atoms with Gasteiger partial charge in [-0.15, -0.1) is 0 Å². The van der Waals surface area contributed by atoms with Crippen LogP contribution in [0.5, 0.6) is 0 Å². The topological polar surface area (TPSA) is 91.1 Å². The van der Waals surface area contributed by atoms with E-state index < -0.39 is 0 Å². The predicted molar refractivity (Wildman–Crippen MR) is 58.4 cm³/mol. The highest BCUT2D eigenvalue weighted by Crippen LogP contribution is 2.05. The Kier molecular flexibility index (Phi) is 4.17. The van der Waals surface area contributed by atoms with Gasteiger partial charge >= 0.3 is 0 Å². The van der Waals surface area contributed by atoms with Gasteiger partial charge in [-0.05, 0) is 18.4 Å². The average molecular weight is 211 g/mol. The van der Waals surface area contributed by atoms with Crippen molar-refractivity contribution in [2.24, 2.45) is 5.92 Å². The first-order chi connectivity index (χ1) is 7.13. The van der Waals surface area contributed by atoms with Crippen LogP contribution in [0.15, 0.2) is 12.3 Å². The molecule has 1 amide bonds. The second-order valence-electron chi connectivity index (χ2n) is 3.67. The number of carbonyl (C=O) groups excluding carboxylic acids is 1. The lowest BCUT2D eigenvalue weighted by Gasteiger charge is -2.10. The molecule has 0 saturated carbocycles. The molecule has 1 atom stereocenters. The van der Waals surface area contributed by atoms with E-state index in [2.05, 4.69) is 10.3 Å². The Bertz CT molecular complexity index is 322. The van der Waals surface area contributed by atoms with Gasteiger partial charge < -0.3 is 21.1 Å². The number of hydrogen-bond donors (Lipinski definition) is 4. The van der Waals surface area contributed by atoms with E-state index in [1.165, 1.54) is 0 Å². The molecule has 0 aliphatic heterocycles. The van der Waals surface area contributed by atoms with Crippen molar-refractivity contribution in [3.63, 3.8) is 0 Å². The molecule has 5 N–H and O–H groups in total. The van der Waals surface area contributed by atoms with Crippen molar-refractivity contribution in [3.8, 4) is 0 Å². The zero-order valence-electron chi connectivity index (χ0n) is 8.79. The molecule has 0 aliphatic carbocycles. The molecule has 0 bridgehead atoms. The van der Waals surface area contributed by atoms with Crippen molar-refractivity contribution in [1.82, 2.24) is 10.3 Å². The molecule has 1 aromatic heterocycles. The van der Waals surface area contributed by atoms with Gasteiger partial charge in [0, 0.05) is 25.0 Å². The van der Waals surface area contributed by atoms with E-state index in [4.69, 9.17) is 10.8 Å². The van der Waals surface area contributed by atoms with Crippen molar-refractivity contribution in [3.05, 3.63) is 18.0 Å². The number of aliphatic hydroxyl groups is 1. The molecule has 5 heteroatoms. The summed E-state index contributed by atoms with van der Waals surface area (Å²) in [5, 5.41) is 11.4. The molecule has 5 nitrogen and oxygen atoms in total. The lowest BCUT2D eigenvalue weighted by molar-refractivity contribution is 0.0941. The predicted octanol–water partition coefficient (Wildman–Crippen LogP) is 0.345. The third-order valence-electron chi connectivity index (χ3n) is 2.18. The van der Waals surface area contributed by atoms with Gasteiger partial charge in [0.2, 0.25) is 0 Å². The molecule has 84 valence electrons. The average Bonchev–Trinajstić information content (AvgIpc) is 2.62. The van der Waals surface area contributed by atoms with Gasteiger partial charge in [0.15, 0.2) is 0 Å². The minimum Gasteiger partial charge on any atom is -0.397 e. The molecule has 0 aliphatic rings. The Hall–Kier alpha value is -1.49. The van der Waals surface area contributed by atoms with Gasteiger partial charge in [0.1, 0.15) is 5.69 Å². The fraction of sp³-hybridized carbons (Fsp3) is 0.500. The highest BCUT2D eigenvalue weighted by Gasteiger charge is 2.08. The summed E-state index contributed by atoms with van der Waals surface area (Å²) < 4.78 is 0. The van der Waals surface area contributed by atoms with Crippen molar-refractivity contribution < 1.29 is 9.90 Å². The van der Waals surface area contributed by atoms with Gasteiger partial charge in [-0.1, -0.05) is 6.92 Å². The summed E-state index contributed by atoms with van der Waals surface area (Å²) in [6.45, 7) is 2.67. The molecule has 1 heterocycles. The number of aliphatic hydroxyl groups excluding tert-OH is 1. The first-order valence-corrected chi connectivity index (χ1v) is 4.96. The fourth-order valence-electron chi connectivity index (χ4n) is 1.23. The lowest BCUT2D eigenvalue weighted by atomic mass is 10.1. The number of aromatic amines is 1. The highest BCUT2D eigenvalue weighted by atomic mass is 16.3. The fourth-order valence-corrected chi connectivity index (χ4v) is 1.23. The minimum atomic E-state index is -0.170. The Labute approximate surface area is 88.7 Å². The number of carbonyl (C=O) groups is 1. The maximum atomic E-state index is 11.5. The van der Waals surface area contributed by atoms with E-state index in [-0.39, 0.29) is 18.4 Å². The minimum absolute atomic E-state index is 0.145. The van der Waals surface area contributed by atoms with E-state index in [0.29, 0.717) is 24.3 Å². The normalized spacial score (nSPS) is 12.4. The Morgan fingerprint density at radius 2 is 2.47 bits per heavy atom. The summed E-state index contributed by atoms with van der Waals surface area (Å²) in [6, 6.07) is 1.59. The smallest absolute Gasteiger partial charge is 0.267 e. The van der Waals surface area contributed by atoms with Crippen LogP contribution in [-0.2, 0) is 0 Å². The molecule has 1 aromatic rings. The van der Waals surface area contributed by atoms with Crippen LogP contribution < -0.4 is 11.1 Å². The standard InChI is InChI=1S/C10H17N3O2/c1-7(2-3-14)5-13-10(15)9-4-8(11)6-12-9/h4,6-7,12,14H,2-3,5,11H2,1H3,(H,13,15). The molecule has 0 radical (unpaired) electrons. The van der Waals surface area contributed by atoms with Crippen molar-refractivity contribution in [2.75, 3.05) is 18.9 Å². The number of rotatable bonds is 5. The number of anilines is 1. The summed E-state index contributed by atoms with van der Waals surface area (Å²) >= 11 is 0. The lowest BCUT2D eigenvalue weighted by Crippen LogP contribution is -2.28. The third-order valence-corrected chi connectivity index (χ3v) is 2.18. The number of nitrogens with one attached hydrogen (secondary N) is 2. The zero-order chi connectivity index (χ0) is 11.3. The summed E-state index contributed by atoms with van der Waals surface area (Å²) in [5.41, 5.74) is 6.48. The molecule has 0 fully saturated rings. The van der Waals surface area contributed by atoms with E-state index in [1.807, 2.05) is 6.92 Å². The molecule has 0 spiro atoms. The summed E-state index contributed by atoms with van der Waals surface area (Å²) in [6.07, 6.45) is 2.26. The number of nitrogens with two attached hydrogens (primary N) is 1. The van der Waals surface area contributed by atoms with E-state index in [0.717, 1.165) is 0 Å². The molecule has 0 aromatic carbocycles. The Morgan fingerprint density at radius 3 is 3.00 bits per heavy atom. The quantitative estimate of drug-likeness (QED) is 0.566. The summed E-state index contributed by atoms with van der Waals surface area (Å²) in [7, 11) is 0. The number of nitrogen functional groups attached to an aromatic ring is 1. The molecular formula is C10H17N3O2. The van der Waals surface area contributed by atoms with Crippen LogP contribution in [-0.4, -0.2) is 29.1 Å². The van der Waals surface area contributed by atoms with Gasteiger partial charge in [-0.2, -0.15) is 0 Å². The highest BCUT2D eigenvalue weighted by molar-refractivity contribution is 5.93. The Morgan fingerprint density at radius 1 is 1.73 bits per heavy atom. The first kappa shape index (κ1) is 11.6. The summed E-state index contributed by atoms with van der Waals surface area (Å²) in [5.74, 6) is 0.0998. The van der Waals surface area contributed by atoms with E-state index >= 15 is 0 Å². The second-order valence-corrected chi connectivity index (χ2v) is 3.67. The number of amides is 1. The van der Waals surface area contributed by atoms with Gasteiger partial charge in [-0.25, -0.2) is 0 Å². The largest absolute Gasteiger partial charge is 0.397 e. The van der Waals surface area contributed by atoms with Crippen LogP contribution in [0, 0.1) is 5.92 Å². The number of H-pyrrole nitrogens is 1. The molecule has 0 saturated heterocycles. The van der Waals surface area contributed by atoms with Crippen LogP contribution in [0.1, 0.15) is 23.8 Å². The Balaban J connectivity index is 2.36. The monoisotopic (exact) mass is 211 g/mol. The van der Waals surface area contributed by atoms with Crippen LogP contribution in [0.3, 0.4) is 0 Å². The number of aromatic nitrogens is 1. The third kappa shape index (κ3) is 3.63. The zero-order valence-corrected chi connectivity index (χ0v) is 8.79. The van der Waals surface area contributed by atoms with E-state index in [1.54, 1.807) is 12.3 Å². The maximum Gasteiger partial charge on any atom is 0.267 e. The SMILES string of the molecule is CC(CCO)CNC(=O)c1cc(N)c[nH]1. The van der Waals surface area contributed by atoms with Crippen LogP contribution in [0.25, 0.3) is 0 Å². The molecule has 1 unspecified atom stereocenters. The van der Waals surface area contributed by atoms with E-state index in [9.17, 15) is 4.79 Å². The van der Waals surface area contributed by atoms with Gasteiger partial charge in [0.05, 0.1) is 0 Å². The van der Waals surface area contributed by atoms with Crippen molar-refractivity contribution in [1.29, 1.82) is 0 Å². The van der Waals surface area contributed by atoms with Crippen LogP contribution in [0.2, 0.25) is 0 Å². The first-order valence-electron chi connectivity index (χ1n) is 4.96. The van der Waals surface area contributed by atoms with Crippen molar-refractivity contribution in [2.45, 2.75) is 13.3 Å². The van der Waals surface area contributed by atoms with Crippen LogP contribution in [0.4, 0.5) is 5.69 Å². The van der Waals surface area contributed by atoms with Gasteiger partial charge in [0.25, 0.3) is 5.91 Å². The maximum absolute atomic E-state index is 11.5. The second kappa shape index (κ2) is 5.41. The molecule has 15 heavy (non-hydrogen) atoms.